The molecule has 0 aliphatic carbocycles. The normalized spacial score (nSPS) is 17.6. The van der Waals surface area contributed by atoms with Crippen LogP contribution in [0.5, 0.6) is 11.5 Å². The fraction of sp³-hybridized carbons (Fsp3) is 0.375. The number of aromatic hydroxyl groups is 1. The van der Waals surface area contributed by atoms with Crippen LogP contribution in [0.4, 0.5) is 0 Å². The van der Waals surface area contributed by atoms with E-state index in [2.05, 4.69) is 6.92 Å². The Hall–Kier alpha value is -2.30. The molecule has 2 rings (SSSR count). The molecule has 5 heteroatoms. The average Bonchev–Trinajstić information content (AvgIpc) is 2.37. The molecular weight excluding hydrogens is 272 g/mol. The topological polar surface area (TPSA) is 83.8 Å². The van der Waals surface area contributed by atoms with Crippen molar-refractivity contribution in [2.24, 2.45) is 0 Å². The Labute approximate surface area is 122 Å². The minimum atomic E-state index is -1.06. The maximum absolute atomic E-state index is 12.3. The molecule has 1 aromatic rings. The van der Waals surface area contributed by atoms with E-state index in [0.29, 0.717) is 5.56 Å². The summed E-state index contributed by atoms with van der Waals surface area (Å²) < 4.78 is 5.69. The van der Waals surface area contributed by atoms with Crippen molar-refractivity contribution in [1.29, 1.82) is 0 Å². The lowest BCUT2D eigenvalue weighted by Gasteiger charge is -2.25. The molecule has 1 aliphatic heterocycles. The molecule has 0 saturated heterocycles. The van der Waals surface area contributed by atoms with Crippen molar-refractivity contribution in [3.63, 3.8) is 0 Å². The highest BCUT2D eigenvalue weighted by molar-refractivity contribution is 6.02. The van der Waals surface area contributed by atoms with Gasteiger partial charge < -0.3 is 14.9 Å². The number of ether oxygens (including phenoxy) is 1. The van der Waals surface area contributed by atoms with Gasteiger partial charge in [0.2, 0.25) is 0 Å². The Morgan fingerprint density at radius 2 is 2.24 bits per heavy atom. The molecular formula is C16H18O5. The second-order valence-corrected chi connectivity index (χ2v) is 5.05. The van der Waals surface area contributed by atoms with Gasteiger partial charge in [0.05, 0.1) is 18.4 Å². The van der Waals surface area contributed by atoms with Crippen LogP contribution in [0.2, 0.25) is 0 Å². The van der Waals surface area contributed by atoms with E-state index in [4.69, 9.17) is 9.84 Å². The van der Waals surface area contributed by atoms with Gasteiger partial charge >= 0.3 is 5.97 Å². The zero-order valence-corrected chi connectivity index (χ0v) is 11.8. The third kappa shape index (κ3) is 3.62. The van der Waals surface area contributed by atoms with Gasteiger partial charge in [0.25, 0.3) is 0 Å². The Balaban J connectivity index is 2.32. The molecule has 1 atom stereocenters. The molecule has 1 aliphatic rings. The lowest BCUT2D eigenvalue weighted by Crippen LogP contribution is -2.26. The molecule has 1 heterocycles. The Kier molecular flexibility index (Phi) is 4.62. The molecule has 112 valence electrons. The highest BCUT2D eigenvalue weighted by atomic mass is 16.5. The van der Waals surface area contributed by atoms with Crippen molar-refractivity contribution in [2.75, 3.05) is 0 Å². The summed E-state index contributed by atoms with van der Waals surface area (Å²) >= 11 is 0. The first-order valence-electron chi connectivity index (χ1n) is 6.95. The van der Waals surface area contributed by atoms with Gasteiger partial charge in [0.15, 0.2) is 5.78 Å². The van der Waals surface area contributed by atoms with Crippen molar-refractivity contribution >= 4 is 11.8 Å². The predicted octanol–water partition coefficient (Wildman–Crippen LogP) is 2.71. The van der Waals surface area contributed by atoms with Gasteiger partial charge in [-0.25, -0.2) is 0 Å². The Bertz CT molecular complexity index is 589. The highest BCUT2D eigenvalue weighted by Crippen LogP contribution is 2.34. The number of carboxylic acids is 1. The van der Waals surface area contributed by atoms with Crippen LogP contribution in [-0.4, -0.2) is 28.1 Å². The van der Waals surface area contributed by atoms with Crippen LogP contribution in [-0.2, 0) is 11.2 Å². The Morgan fingerprint density at radius 1 is 1.48 bits per heavy atom. The number of allylic oxidation sites excluding steroid dienone is 1. The number of hydrogen-bond donors (Lipinski definition) is 2. The standard InChI is InChI=1S/C16H18O5/c1-2-3-4-5-12-9-13(18)16-10(7-15(19)20)6-11(17)8-14(16)21-12/h4-6,8,12,17H,2-3,7,9H2,1H3,(H,19,20)/b5-4+/t12-/m1/s1. The number of carbonyl (C=O) groups excluding carboxylic acids is 1. The second-order valence-electron chi connectivity index (χ2n) is 5.05. The molecule has 0 bridgehead atoms. The molecule has 0 fully saturated rings. The minimum Gasteiger partial charge on any atom is -0.508 e. The first-order valence-corrected chi connectivity index (χ1v) is 6.95. The first-order chi connectivity index (χ1) is 10.0. The van der Waals surface area contributed by atoms with E-state index in [1.807, 2.05) is 12.2 Å². The molecule has 0 spiro atoms. The lowest BCUT2D eigenvalue weighted by molar-refractivity contribution is -0.136. The van der Waals surface area contributed by atoms with E-state index < -0.39 is 5.97 Å². The van der Waals surface area contributed by atoms with Crippen LogP contribution in [0.1, 0.15) is 42.1 Å². The maximum Gasteiger partial charge on any atom is 0.307 e. The third-order valence-electron chi connectivity index (χ3n) is 3.26. The van der Waals surface area contributed by atoms with Crippen molar-refractivity contribution in [1.82, 2.24) is 0 Å². The summed E-state index contributed by atoms with van der Waals surface area (Å²) in [6.45, 7) is 2.06. The van der Waals surface area contributed by atoms with Gasteiger partial charge in [-0.2, -0.15) is 0 Å². The summed E-state index contributed by atoms with van der Waals surface area (Å²) in [6, 6.07) is 2.67. The second kappa shape index (κ2) is 6.43. The maximum atomic E-state index is 12.3. The predicted molar refractivity (Wildman–Crippen MR) is 76.9 cm³/mol. The fourth-order valence-electron chi connectivity index (χ4n) is 2.38. The third-order valence-corrected chi connectivity index (χ3v) is 3.26. The summed E-state index contributed by atoms with van der Waals surface area (Å²) in [6.07, 6.45) is 5.22. The quantitative estimate of drug-likeness (QED) is 0.815. The van der Waals surface area contributed by atoms with Crippen molar-refractivity contribution in [3.05, 3.63) is 35.4 Å². The first kappa shape index (κ1) is 15.1. The van der Waals surface area contributed by atoms with Crippen molar-refractivity contribution in [3.8, 4) is 11.5 Å². The fourth-order valence-corrected chi connectivity index (χ4v) is 2.38. The number of benzene rings is 1. The van der Waals surface area contributed by atoms with E-state index in [-0.39, 0.29) is 41.8 Å². The van der Waals surface area contributed by atoms with Gasteiger partial charge in [0, 0.05) is 6.07 Å². The molecule has 0 saturated carbocycles. The molecule has 2 N–H and O–H groups in total. The Morgan fingerprint density at radius 3 is 2.90 bits per heavy atom. The van der Waals surface area contributed by atoms with Gasteiger partial charge in [-0.1, -0.05) is 19.4 Å². The van der Waals surface area contributed by atoms with Crippen LogP contribution in [0.15, 0.2) is 24.3 Å². The largest absolute Gasteiger partial charge is 0.508 e. The van der Waals surface area contributed by atoms with E-state index in [0.717, 1.165) is 12.8 Å². The number of carboxylic acid groups (broad SMARTS) is 1. The molecule has 21 heavy (non-hydrogen) atoms. The van der Waals surface area contributed by atoms with Gasteiger partial charge in [-0.05, 0) is 24.1 Å². The van der Waals surface area contributed by atoms with Crippen LogP contribution in [0.25, 0.3) is 0 Å². The van der Waals surface area contributed by atoms with Gasteiger partial charge in [-0.3, -0.25) is 9.59 Å². The monoisotopic (exact) mass is 290 g/mol. The number of phenolic OH excluding ortho intramolecular Hbond substituents is 1. The molecule has 0 aromatic heterocycles. The molecule has 0 radical (unpaired) electrons. The number of Topliss-reactive ketones (excluding diaryl/α,β-unsaturated/α-hetero) is 1. The number of ketones is 1. The van der Waals surface area contributed by atoms with Crippen LogP contribution >= 0.6 is 0 Å². The summed E-state index contributed by atoms with van der Waals surface area (Å²) in [5, 5.41) is 18.6. The van der Waals surface area contributed by atoms with Crippen LogP contribution < -0.4 is 4.74 Å². The summed E-state index contributed by atoms with van der Waals surface area (Å²) in [5.41, 5.74) is 0.564. The number of phenols is 1. The number of aliphatic carboxylic acids is 1. The number of hydrogen-bond acceptors (Lipinski definition) is 4. The van der Waals surface area contributed by atoms with Crippen molar-refractivity contribution < 1.29 is 24.5 Å². The van der Waals surface area contributed by atoms with E-state index in [9.17, 15) is 14.7 Å². The number of rotatable bonds is 5. The molecule has 0 unspecified atom stereocenters. The average molecular weight is 290 g/mol. The van der Waals surface area contributed by atoms with Gasteiger partial charge in [-0.15, -0.1) is 0 Å². The number of unbranched alkanes of at least 4 members (excludes halogenated alkanes) is 1. The number of fused-ring (bicyclic) bond motifs is 1. The lowest BCUT2D eigenvalue weighted by atomic mass is 9.93. The smallest absolute Gasteiger partial charge is 0.307 e. The molecule has 5 nitrogen and oxygen atoms in total. The molecule has 1 aromatic carbocycles. The summed E-state index contributed by atoms with van der Waals surface area (Å²) in [7, 11) is 0. The van der Waals surface area contributed by atoms with Gasteiger partial charge in [0.1, 0.15) is 17.6 Å². The zero-order chi connectivity index (χ0) is 15.4. The minimum absolute atomic E-state index is 0.101. The zero-order valence-electron chi connectivity index (χ0n) is 11.8. The highest BCUT2D eigenvalue weighted by Gasteiger charge is 2.28. The van der Waals surface area contributed by atoms with Crippen LogP contribution in [0, 0.1) is 0 Å². The van der Waals surface area contributed by atoms with E-state index >= 15 is 0 Å². The summed E-state index contributed by atoms with van der Waals surface area (Å²) in [5.74, 6) is -1.05. The van der Waals surface area contributed by atoms with E-state index in [1.54, 1.807) is 0 Å². The van der Waals surface area contributed by atoms with Crippen molar-refractivity contribution in [2.45, 2.75) is 38.7 Å². The summed E-state index contributed by atoms with van der Waals surface area (Å²) in [4.78, 5) is 23.1. The van der Waals surface area contributed by atoms with Crippen LogP contribution in [0.3, 0.4) is 0 Å². The van der Waals surface area contributed by atoms with E-state index in [1.165, 1.54) is 12.1 Å². The molecule has 0 amide bonds. The number of carbonyl (C=O) groups is 2. The SMILES string of the molecule is CCC/C=C/[C@@H]1CC(=O)c2c(CC(=O)O)cc(O)cc2O1.